The summed E-state index contributed by atoms with van der Waals surface area (Å²) in [5, 5.41) is 10.4. The normalized spacial score (nSPS) is 12.9. The minimum absolute atomic E-state index is 0.000840. The molecule has 2 N–H and O–H groups in total. The summed E-state index contributed by atoms with van der Waals surface area (Å²) < 4.78 is 51.0. The second-order valence-electron chi connectivity index (χ2n) is 8.01. The number of carbonyl (C=O) groups is 2. The lowest BCUT2D eigenvalue weighted by atomic mass is 10.2. The van der Waals surface area contributed by atoms with E-state index >= 15 is 0 Å². The van der Waals surface area contributed by atoms with Crippen LogP contribution in [0.5, 0.6) is 0 Å². The third kappa shape index (κ3) is 6.34. The summed E-state index contributed by atoms with van der Waals surface area (Å²) in [5.41, 5.74) is -1.29. The first kappa shape index (κ1) is 24.3. The number of alkyl carbamates (subject to hydrolysis) is 1. The molecule has 0 saturated heterocycles. The van der Waals surface area contributed by atoms with E-state index in [-0.39, 0.29) is 23.1 Å². The number of nitrogens with zero attached hydrogens (tertiary/aromatic N) is 3. The Kier molecular flexibility index (Phi) is 6.81. The summed E-state index contributed by atoms with van der Waals surface area (Å²) in [5.74, 6) is -0.282. The molecule has 0 aliphatic carbocycles. The summed E-state index contributed by atoms with van der Waals surface area (Å²) in [6.45, 7) is 6.59. The van der Waals surface area contributed by atoms with Crippen LogP contribution in [0, 0.1) is 0 Å². The van der Waals surface area contributed by atoms with Gasteiger partial charge in [-0.3, -0.25) is 4.79 Å². The maximum absolute atomic E-state index is 13.2. The van der Waals surface area contributed by atoms with Crippen LogP contribution < -0.4 is 10.6 Å². The summed E-state index contributed by atoms with van der Waals surface area (Å²) in [7, 11) is 0. The molecule has 0 aliphatic heterocycles. The van der Waals surface area contributed by atoms with Crippen LogP contribution in [0.15, 0.2) is 34.3 Å². The van der Waals surface area contributed by atoms with E-state index in [1.807, 2.05) is 0 Å². The Hall–Kier alpha value is -3.35. The van der Waals surface area contributed by atoms with Crippen molar-refractivity contribution in [2.45, 2.75) is 52.1 Å². The number of furan rings is 1. The van der Waals surface area contributed by atoms with Crippen LogP contribution in [0.4, 0.5) is 18.0 Å². The topological polar surface area (TPSA) is 111 Å². The van der Waals surface area contributed by atoms with E-state index in [1.165, 1.54) is 19.3 Å². The summed E-state index contributed by atoms with van der Waals surface area (Å²) in [6, 6.07) is 3.08. The molecule has 33 heavy (non-hydrogen) atoms. The van der Waals surface area contributed by atoms with Crippen LogP contribution in [0.25, 0.3) is 16.6 Å². The van der Waals surface area contributed by atoms with Gasteiger partial charge >= 0.3 is 12.3 Å². The number of thiazole rings is 1. The molecule has 0 fully saturated rings. The van der Waals surface area contributed by atoms with Crippen LogP contribution in [-0.4, -0.2) is 38.4 Å². The zero-order chi connectivity index (χ0) is 24.4. The number of ether oxygens (including phenoxy) is 1. The molecule has 3 heterocycles. The Bertz CT molecular complexity index is 1120. The highest BCUT2D eigenvalue weighted by Crippen LogP contribution is 2.33. The number of nitrogens with one attached hydrogen (secondary N) is 2. The van der Waals surface area contributed by atoms with E-state index in [2.05, 4.69) is 20.7 Å². The van der Waals surface area contributed by atoms with Gasteiger partial charge in [0, 0.05) is 11.4 Å². The van der Waals surface area contributed by atoms with Crippen LogP contribution in [0.3, 0.4) is 0 Å². The molecular formula is C20H22F3N5O4S. The highest BCUT2D eigenvalue weighted by molar-refractivity contribution is 7.12. The first-order valence-electron chi connectivity index (χ1n) is 9.76. The van der Waals surface area contributed by atoms with Gasteiger partial charge in [0.1, 0.15) is 17.3 Å². The molecule has 9 nitrogen and oxygen atoms in total. The fraction of sp³-hybridized carbons (Fsp3) is 0.400. The predicted molar refractivity (Wildman–Crippen MR) is 113 cm³/mol. The van der Waals surface area contributed by atoms with Crippen molar-refractivity contribution in [1.82, 2.24) is 25.4 Å². The molecular weight excluding hydrogens is 463 g/mol. The van der Waals surface area contributed by atoms with Gasteiger partial charge in [0.05, 0.1) is 18.5 Å². The second kappa shape index (κ2) is 9.25. The largest absolute Gasteiger partial charge is 0.463 e. The average Bonchev–Trinajstić information content (AvgIpc) is 3.42. The number of aromatic nitrogens is 3. The van der Waals surface area contributed by atoms with E-state index in [0.717, 1.165) is 22.1 Å². The van der Waals surface area contributed by atoms with E-state index in [9.17, 15) is 22.8 Å². The van der Waals surface area contributed by atoms with Gasteiger partial charge in [0.15, 0.2) is 11.5 Å². The zero-order valence-electron chi connectivity index (χ0n) is 18.2. The SMILES string of the molecule is CC(NC(=O)OC(C)(C)C)C(=O)NCc1csc(-n2nc(C(F)(F)F)cc2-c2ccco2)n1. The summed E-state index contributed by atoms with van der Waals surface area (Å²) >= 11 is 1.05. The average molecular weight is 485 g/mol. The lowest BCUT2D eigenvalue weighted by molar-refractivity contribution is -0.141. The lowest BCUT2D eigenvalue weighted by Gasteiger charge is -2.21. The maximum atomic E-state index is 13.2. The van der Waals surface area contributed by atoms with Crippen molar-refractivity contribution < 1.29 is 31.9 Å². The van der Waals surface area contributed by atoms with Gasteiger partial charge in [-0.15, -0.1) is 11.3 Å². The van der Waals surface area contributed by atoms with Crippen molar-refractivity contribution in [1.29, 1.82) is 0 Å². The Labute approximate surface area is 190 Å². The van der Waals surface area contributed by atoms with Gasteiger partial charge in [0.25, 0.3) is 0 Å². The number of carbonyl (C=O) groups excluding carboxylic acids is 2. The molecule has 0 aromatic carbocycles. The Balaban J connectivity index is 1.69. The highest BCUT2D eigenvalue weighted by atomic mass is 32.1. The Morgan fingerprint density at radius 1 is 1.30 bits per heavy atom. The molecule has 2 amide bonds. The van der Waals surface area contributed by atoms with Gasteiger partial charge in [0.2, 0.25) is 11.0 Å². The Morgan fingerprint density at radius 3 is 2.64 bits per heavy atom. The Morgan fingerprint density at radius 2 is 2.03 bits per heavy atom. The second-order valence-corrected chi connectivity index (χ2v) is 8.85. The molecule has 3 aromatic rings. The van der Waals surface area contributed by atoms with Crippen molar-refractivity contribution in [3.05, 3.63) is 41.2 Å². The first-order valence-corrected chi connectivity index (χ1v) is 10.6. The third-order valence-corrected chi connectivity index (χ3v) is 4.93. The summed E-state index contributed by atoms with van der Waals surface area (Å²) in [6.07, 6.45) is -4.03. The molecule has 1 unspecified atom stereocenters. The van der Waals surface area contributed by atoms with Crippen molar-refractivity contribution in [3.8, 4) is 16.6 Å². The van der Waals surface area contributed by atoms with Crippen molar-refractivity contribution >= 4 is 23.3 Å². The number of alkyl halides is 3. The van der Waals surface area contributed by atoms with Crippen molar-refractivity contribution in [2.75, 3.05) is 0 Å². The fourth-order valence-corrected chi connectivity index (χ4v) is 3.41. The van der Waals surface area contributed by atoms with Gasteiger partial charge in [-0.05, 0) is 39.8 Å². The summed E-state index contributed by atoms with van der Waals surface area (Å²) in [4.78, 5) is 28.3. The number of hydrogen-bond donors (Lipinski definition) is 2. The number of hydrogen-bond acceptors (Lipinski definition) is 7. The molecule has 3 aromatic heterocycles. The predicted octanol–water partition coefficient (Wildman–Crippen LogP) is 4.14. The molecule has 0 spiro atoms. The van der Waals surface area contributed by atoms with Gasteiger partial charge in [-0.1, -0.05) is 0 Å². The minimum atomic E-state index is -4.64. The molecule has 0 saturated carbocycles. The smallest absolute Gasteiger partial charge is 0.435 e. The molecule has 1 atom stereocenters. The van der Waals surface area contributed by atoms with Crippen LogP contribution in [0.2, 0.25) is 0 Å². The van der Waals surface area contributed by atoms with E-state index in [0.29, 0.717) is 5.69 Å². The zero-order valence-corrected chi connectivity index (χ0v) is 19.0. The van der Waals surface area contributed by atoms with Gasteiger partial charge in [-0.25, -0.2) is 14.5 Å². The van der Waals surface area contributed by atoms with E-state index < -0.39 is 35.5 Å². The standard InChI is InChI=1S/C20H22F3N5O4S/c1-11(25-18(30)32-19(2,3)4)16(29)24-9-12-10-33-17(26-12)28-13(14-6-5-7-31-14)8-15(27-28)20(21,22)23/h5-8,10-11H,9H2,1-4H3,(H,24,29)(H,25,30). The van der Waals surface area contributed by atoms with E-state index in [4.69, 9.17) is 9.15 Å². The molecule has 3 rings (SSSR count). The molecule has 0 aliphatic rings. The van der Waals surface area contributed by atoms with E-state index in [1.54, 1.807) is 32.2 Å². The van der Waals surface area contributed by atoms with Gasteiger partial charge in [-0.2, -0.15) is 18.3 Å². The van der Waals surface area contributed by atoms with Crippen LogP contribution >= 0.6 is 11.3 Å². The number of halogens is 3. The first-order chi connectivity index (χ1) is 15.3. The molecule has 0 bridgehead atoms. The fourth-order valence-electron chi connectivity index (χ4n) is 2.62. The van der Waals surface area contributed by atoms with Crippen LogP contribution in [-0.2, 0) is 22.3 Å². The molecule has 13 heteroatoms. The van der Waals surface area contributed by atoms with Crippen molar-refractivity contribution in [2.24, 2.45) is 0 Å². The molecule has 0 radical (unpaired) electrons. The lowest BCUT2D eigenvalue weighted by Crippen LogP contribution is -2.46. The molecule has 178 valence electrons. The third-order valence-electron chi connectivity index (χ3n) is 4.06. The quantitative estimate of drug-likeness (QED) is 0.543. The number of rotatable bonds is 6. The minimum Gasteiger partial charge on any atom is -0.463 e. The monoisotopic (exact) mass is 485 g/mol. The van der Waals surface area contributed by atoms with Gasteiger partial charge < -0.3 is 19.8 Å². The number of amides is 2. The maximum Gasteiger partial charge on any atom is 0.435 e. The van der Waals surface area contributed by atoms with Crippen molar-refractivity contribution in [3.63, 3.8) is 0 Å². The van der Waals surface area contributed by atoms with Crippen LogP contribution in [0.1, 0.15) is 39.1 Å². The highest BCUT2D eigenvalue weighted by Gasteiger charge is 2.36.